The molecule has 9 nitrogen and oxygen atoms in total. The van der Waals surface area contributed by atoms with E-state index in [0.717, 1.165) is 39.2 Å². The Kier molecular flexibility index (Phi) is 13.2. The molecule has 294 valence electrons. The van der Waals surface area contributed by atoms with Crippen molar-refractivity contribution in [1.29, 1.82) is 0 Å². The van der Waals surface area contributed by atoms with Crippen LogP contribution in [0.5, 0.6) is 0 Å². The van der Waals surface area contributed by atoms with Crippen molar-refractivity contribution in [3.8, 4) is 0 Å². The Balaban J connectivity index is 1.91. The SMILES string of the molecule is COC(=O)C(CCCN)(CCCN)CNCC(C=O)(Cc1c(C(C)(C)C)[nH]c2cc(C(C)(C)C)cc(C(C)(C)C)c12)NC(=O)c1ccc2ccccc2c1. The van der Waals surface area contributed by atoms with Gasteiger partial charge in [0.25, 0.3) is 5.91 Å². The summed E-state index contributed by atoms with van der Waals surface area (Å²) in [5.74, 6) is -0.701. The monoisotopic (exact) mass is 740 g/mol. The van der Waals surface area contributed by atoms with Gasteiger partial charge in [-0.1, -0.05) is 98.7 Å². The van der Waals surface area contributed by atoms with E-state index in [1.54, 1.807) is 6.07 Å². The van der Waals surface area contributed by atoms with E-state index in [2.05, 4.69) is 90.1 Å². The molecule has 0 saturated heterocycles. The summed E-state index contributed by atoms with van der Waals surface area (Å²) in [6.07, 6.45) is 3.32. The van der Waals surface area contributed by atoms with E-state index in [0.29, 0.717) is 44.3 Å². The summed E-state index contributed by atoms with van der Waals surface area (Å²) in [6, 6.07) is 18.0. The van der Waals surface area contributed by atoms with Crippen molar-refractivity contribution >= 4 is 39.8 Å². The van der Waals surface area contributed by atoms with Crippen LogP contribution >= 0.6 is 0 Å². The van der Waals surface area contributed by atoms with Crippen LogP contribution in [-0.2, 0) is 37.0 Å². The van der Waals surface area contributed by atoms with Crippen LogP contribution in [0.3, 0.4) is 0 Å². The lowest BCUT2D eigenvalue weighted by Crippen LogP contribution is -2.59. The second-order valence-electron chi connectivity index (χ2n) is 18.3. The molecule has 3 aromatic carbocycles. The van der Waals surface area contributed by atoms with Gasteiger partial charge in [0, 0.05) is 47.1 Å². The molecule has 0 aliphatic carbocycles. The van der Waals surface area contributed by atoms with Gasteiger partial charge >= 0.3 is 5.97 Å². The first-order valence-corrected chi connectivity index (χ1v) is 19.4. The number of hydrogen-bond acceptors (Lipinski definition) is 7. The van der Waals surface area contributed by atoms with Gasteiger partial charge in [-0.2, -0.15) is 0 Å². The minimum absolute atomic E-state index is 0.0704. The minimum Gasteiger partial charge on any atom is -0.469 e. The summed E-state index contributed by atoms with van der Waals surface area (Å²) >= 11 is 0. The first kappa shape index (κ1) is 42.7. The van der Waals surface area contributed by atoms with Gasteiger partial charge < -0.3 is 36.6 Å². The van der Waals surface area contributed by atoms with Gasteiger partial charge in [0.2, 0.25) is 0 Å². The number of aromatic nitrogens is 1. The van der Waals surface area contributed by atoms with Crippen LogP contribution in [0.25, 0.3) is 21.7 Å². The number of carbonyl (C=O) groups excluding carboxylic acids is 3. The third kappa shape index (κ3) is 9.60. The zero-order valence-electron chi connectivity index (χ0n) is 34.4. The lowest BCUT2D eigenvalue weighted by atomic mass is 9.76. The molecule has 0 spiro atoms. The summed E-state index contributed by atoms with van der Waals surface area (Å²) in [6.45, 7) is 20.9. The minimum atomic E-state index is -1.40. The van der Waals surface area contributed by atoms with Crippen LogP contribution in [0.1, 0.15) is 121 Å². The van der Waals surface area contributed by atoms with Crippen LogP contribution in [-0.4, -0.2) is 62.0 Å². The van der Waals surface area contributed by atoms with Gasteiger partial charge in [0.1, 0.15) is 11.8 Å². The Bertz CT molecular complexity index is 1930. The van der Waals surface area contributed by atoms with Gasteiger partial charge in [-0.05, 0) is 95.3 Å². The molecule has 1 unspecified atom stereocenters. The van der Waals surface area contributed by atoms with Crippen molar-refractivity contribution in [1.82, 2.24) is 15.6 Å². The van der Waals surface area contributed by atoms with Crippen LogP contribution in [0, 0.1) is 5.41 Å². The highest BCUT2D eigenvalue weighted by Crippen LogP contribution is 2.42. The highest BCUT2D eigenvalue weighted by molar-refractivity contribution is 6.00. The van der Waals surface area contributed by atoms with Crippen LogP contribution in [0.15, 0.2) is 54.6 Å². The quantitative estimate of drug-likeness (QED) is 0.0595. The summed E-state index contributed by atoms with van der Waals surface area (Å²) < 4.78 is 5.34. The highest BCUT2D eigenvalue weighted by Gasteiger charge is 2.41. The maximum Gasteiger partial charge on any atom is 0.313 e. The molecule has 0 aliphatic rings. The fraction of sp³-hybridized carbons (Fsp3) is 0.533. The van der Waals surface area contributed by atoms with Crippen LogP contribution in [0.4, 0.5) is 0 Å². The molecule has 1 atom stereocenters. The lowest BCUT2D eigenvalue weighted by Gasteiger charge is -2.35. The maximum absolute atomic E-state index is 14.3. The third-order valence-electron chi connectivity index (χ3n) is 10.8. The van der Waals surface area contributed by atoms with Crippen LogP contribution < -0.4 is 22.1 Å². The van der Waals surface area contributed by atoms with Gasteiger partial charge in [0.15, 0.2) is 0 Å². The second-order valence-corrected chi connectivity index (χ2v) is 18.3. The molecule has 0 radical (unpaired) electrons. The molecule has 9 heteroatoms. The van der Waals surface area contributed by atoms with Gasteiger partial charge in [-0.25, -0.2) is 0 Å². The number of aldehydes is 1. The summed E-state index contributed by atoms with van der Waals surface area (Å²) in [7, 11) is 1.39. The molecule has 1 amide bonds. The van der Waals surface area contributed by atoms with E-state index >= 15 is 0 Å². The average Bonchev–Trinajstić information content (AvgIpc) is 3.49. The standard InChI is InChI=1S/C45H65N5O4/c1-41(2,3)33-24-35(42(4,5)6)37-34(38(43(7,8)9)49-36(37)25-33)26-45(29-51,50-39(52)32-18-17-30-15-11-12-16-31(30)23-32)28-48-27-44(19-13-21-46,20-14-22-47)40(53)54-10/h11-12,15-18,23-25,29,48-49H,13-14,19-22,26-28,46-47H2,1-10H3,(H,50,52). The molecular formula is C45H65N5O4. The Morgan fingerprint density at radius 3 is 1.96 bits per heavy atom. The lowest BCUT2D eigenvalue weighted by molar-refractivity contribution is -0.153. The van der Waals surface area contributed by atoms with Crippen molar-refractivity contribution in [2.24, 2.45) is 16.9 Å². The molecule has 1 aromatic heterocycles. The molecule has 0 fully saturated rings. The number of ether oxygens (including phenoxy) is 1. The molecule has 1 heterocycles. The molecule has 0 aliphatic heterocycles. The topological polar surface area (TPSA) is 152 Å². The van der Waals surface area contributed by atoms with E-state index in [1.165, 1.54) is 18.2 Å². The number of fused-ring (bicyclic) bond motifs is 2. The predicted octanol–water partition coefficient (Wildman–Crippen LogP) is 7.35. The molecule has 54 heavy (non-hydrogen) atoms. The van der Waals surface area contributed by atoms with E-state index in [4.69, 9.17) is 16.2 Å². The largest absolute Gasteiger partial charge is 0.469 e. The number of carbonyl (C=O) groups is 3. The number of nitrogens with one attached hydrogen (secondary N) is 3. The molecule has 7 N–H and O–H groups in total. The van der Waals surface area contributed by atoms with Gasteiger partial charge in [-0.3, -0.25) is 9.59 Å². The van der Waals surface area contributed by atoms with E-state index in [-0.39, 0.29) is 47.6 Å². The predicted molar refractivity (Wildman–Crippen MR) is 222 cm³/mol. The van der Waals surface area contributed by atoms with Crippen molar-refractivity contribution in [3.63, 3.8) is 0 Å². The number of nitrogens with two attached hydrogens (primary N) is 2. The zero-order valence-corrected chi connectivity index (χ0v) is 34.4. The fourth-order valence-corrected chi connectivity index (χ4v) is 7.65. The number of aromatic amines is 1. The summed E-state index contributed by atoms with van der Waals surface area (Å²) in [5, 5.41) is 9.72. The van der Waals surface area contributed by atoms with Gasteiger partial charge in [0.05, 0.1) is 12.5 Å². The van der Waals surface area contributed by atoms with Crippen molar-refractivity contribution < 1.29 is 19.1 Å². The molecular weight excluding hydrogens is 675 g/mol. The Labute approximate surface area is 322 Å². The van der Waals surface area contributed by atoms with E-state index in [1.807, 2.05) is 36.4 Å². The highest BCUT2D eigenvalue weighted by atomic mass is 16.5. The zero-order chi connectivity index (χ0) is 40.1. The Morgan fingerprint density at radius 1 is 0.796 bits per heavy atom. The third-order valence-corrected chi connectivity index (χ3v) is 10.8. The Hall–Kier alpha value is -4.05. The smallest absolute Gasteiger partial charge is 0.313 e. The van der Waals surface area contributed by atoms with E-state index in [9.17, 15) is 14.4 Å². The number of esters is 1. The van der Waals surface area contributed by atoms with E-state index < -0.39 is 11.0 Å². The molecule has 4 rings (SSSR count). The summed E-state index contributed by atoms with van der Waals surface area (Å²) in [5.41, 5.74) is 14.8. The number of H-pyrrole nitrogens is 1. The van der Waals surface area contributed by atoms with Crippen LogP contribution in [0.2, 0.25) is 0 Å². The molecule has 4 aromatic rings. The average molecular weight is 740 g/mol. The normalized spacial score (nSPS) is 13.9. The first-order chi connectivity index (χ1) is 25.2. The number of hydrogen-bond donors (Lipinski definition) is 5. The fourth-order valence-electron chi connectivity index (χ4n) is 7.65. The van der Waals surface area contributed by atoms with Crippen molar-refractivity contribution in [2.45, 2.75) is 116 Å². The maximum atomic E-state index is 14.3. The Morgan fingerprint density at radius 2 is 1.43 bits per heavy atom. The van der Waals surface area contributed by atoms with Crippen molar-refractivity contribution in [3.05, 3.63) is 82.5 Å². The number of methoxy groups -OCH3 is 1. The molecule has 0 bridgehead atoms. The summed E-state index contributed by atoms with van der Waals surface area (Å²) in [4.78, 5) is 45.3. The number of rotatable bonds is 16. The number of benzene rings is 3. The van der Waals surface area contributed by atoms with Crippen molar-refractivity contribution in [2.75, 3.05) is 33.3 Å². The number of amides is 1. The first-order valence-electron chi connectivity index (χ1n) is 19.4. The van der Waals surface area contributed by atoms with Gasteiger partial charge in [-0.15, -0.1) is 0 Å². The second kappa shape index (κ2) is 16.8. The molecule has 0 saturated carbocycles.